The molecule has 0 spiro atoms. The maximum atomic E-state index is 10.1. The second-order valence-corrected chi connectivity index (χ2v) is 2.17. The molecule has 1 heterocycles. The van der Waals surface area contributed by atoms with Gasteiger partial charge >= 0.3 is 51.4 Å². The molecular formula is C6H9KO3. The zero-order chi connectivity index (χ0) is 6.69. The molecule has 10 heavy (non-hydrogen) atoms. The molecule has 1 fully saturated rings. The maximum Gasteiger partial charge on any atom is 1.00 e. The van der Waals surface area contributed by atoms with Gasteiger partial charge in [-0.25, -0.2) is 0 Å². The third-order valence-corrected chi connectivity index (χ3v) is 1.44. The summed E-state index contributed by atoms with van der Waals surface area (Å²) in [6.07, 6.45) is 1.89. The predicted molar refractivity (Wildman–Crippen MR) is 28.6 cm³/mol. The molecule has 1 aliphatic heterocycles. The van der Waals surface area contributed by atoms with Gasteiger partial charge in [0.1, 0.15) is 0 Å². The van der Waals surface area contributed by atoms with Crippen molar-refractivity contribution in [3.8, 4) is 0 Å². The van der Waals surface area contributed by atoms with Crippen LogP contribution in [0.2, 0.25) is 0 Å². The van der Waals surface area contributed by atoms with E-state index < -0.39 is 12.1 Å². The van der Waals surface area contributed by atoms with E-state index in [2.05, 4.69) is 0 Å². The second kappa shape index (κ2) is 5.68. The Hall–Kier alpha value is 1.07. The number of hydrogen-bond donors (Lipinski definition) is 0. The normalized spacial score (nSPS) is 25.0. The van der Waals surface area contributed by atoms with Gasteiger partial charge in [0.05, 0.1) is 12.1 Å². The third-order valence-electron chi connectivity index (χ3n) is 1.44. The zero-order valence-corrected chi connectivity index (χ0v) is 9.25. The fourth-order valence-corrected chi connectivity index (χ4v) is 0.927. The van der Waals surface area contributed by atoms with Crippen molar-refractivity contribution in [2.75, 3.05) is 6.61 Å². The zero-order valence-electron chi connectivity index (χ0n) is 6.13. The fraction of sp³-hybridized carbons (Fsp3) is 0.833. The van der Waals surface area contributed by atoms with Crippen LogP contribution in [0.3, 0.4) is 0 Å². The first kappa shape index (κ1) is 11.1. The molecule has 0 saturated carbocycles. The van der Waals surface area contributed by atoms with E-state index in [4.69, 9.17) is 4.74 Å². The molecule has 1 rings (SSSR count). The Morgan fingerprint density at radius 1 is 1.50 bits per heavy atom. The summed E-state index contributed by atoms with van der Waals surface area (Å²) in [5, 5.41) is 10.1. The van der Waals surface area contributed by atoms with Gasteiger partial charge in [0.25, 0.3) is 0 Å². The molecule has 0 aliphatic carbocycles. The number of hydrogen-bond acceptors (Lipinski definition) is 3. The number of carboxylic acids is 1. The standard InChI is InChI=1S/C6H10O3.K/c7-6(8)5-3-1-2-4-9-5;/h5H,1-4H2,(H,7,8);/q;+1/p-1. The van der Waals surface area contributed by atoms with Crippen LogP contribution >= 0.6 is 0 Å². The molecule has 0 N–H and O–H groups in total. The first-order valence-corrected chi connectivity index (χ1v) is 3.13. The topological polar surface area (TPSA) is 49.4 Å². The summed E-state index contributed by atoms with van der Waals surface area (Å²) in [5.74, 6) is -1.07. The van der Waals surface area contributed by atoms with Gasteiger partial charge in [-0.2, -0.15) is 0 Å². The molecule has 1 atom stereocenters. The molecule has 0 amide bonds. The van der Waals surface area contributed by atoms with Crippen LogP contribution in [0.5, 0.6) is 0 Å². The number of carbonyl (C=O) groups excluding carboxylic acids is 1. The predicted octanol–water partition coefficient (Wildman–Crippen LogP) is -3.69. The van der Waals surface area contributed by atoms with E-state index in [1.165, 1.54) is 0 Å². The Bertz CT molecular complexity index is 110. The van der Waals surface area contributed by atoms with Crippen molar-refractivity contribution in [2.45, 2.75) is 25.4 Å². The number of rotatable bonds is 1. The van der Waals surface area contributed by atoms with Gasteiger partial charge in [-0.05, 0) is 19.3 Å². The molecule has 1 aliphatic rings. The summed E-state index contributed by atoms with van der Waals surface area (Å²) in [7, 11) is 0. The molecule has 52 valence electrons. The SMILES string of the molecule is O=C([O-])C1CCCCO1.[K+]. The number of carboxylic acid groups (broad SMARTS) is 1. The van der Waals surface area contributed by atoms with E-state index >= 15 is 0 Å². The summed E-state index contributed by atoms with van der Waals surface area (Å²) in [4.78, 5) is 10.1. The van der Waals surface area contributed by atoms with Gasteiger partial charge in [-0.3, -0.25) is 0 Å². The van der Waals surface area contributed by atoms with Crippen molar-refractivity contribution < 1.29 is 66.0 Å². The van der Waals surface area contributed by atoms with Crippen molar-refractivity contribution in [3.63, 3.8) is 0 Å². The van der Waals surface area contributed by atoms with E-state index in [9.17, 15) is 9.90 Å². The molecule has 0 aromatic heterocycles. The summed E-state index contributed by atoms with van der Waals surface area (Å²) in [6.45, 7) is 0.568. The minimum atomic E-state index is -1.07. The average molecular weight is 168 g/mol. The van der Waals surface area contributed by atoms with Gasteiger partial charge < -0.3 is 14.6 Å². The average Bonchev–Trinajstić information content (AvgIpc) is 1.90. The van der Waals surface area contributed by atoms with Gasteiger partial charge in [-0.15, -0.1) is 0 Å². The minimum absolute atomic E-state index is 0. The third kappa shape index (κ3) is 3.46. The Labute approximate surface area is 103 Å². The van der Waals surface area contributed by atoms with E-state index in [1.54, 1.807) is 0 Å². The maximum absolute atomic E-state index is 10.1. The van der Waals surface area contributed by atoms with Gasteiger partial charge in [0, 0.05) is 6.61 Å². The molecule has 0 bridgehead atoms. The van der Waals surface area contributed by atoms with Crippen LogP contribution in [0.25, 0.3) is 0 Å². The van der Waals surface area contributed by atoms with Gasteiger partial charge in [-0.1, -0.05) is 0 Å². The summed E-state index contributed by atoms with van der Waals surface area (Å²) < 4.78 is 4.88. The Kier molecular flexibility index (Phi) is 6.29. The second-order valence-electron chi connectivity index (χ2n) is 2.17. The van der Waals surface area contributed by atoms with Crippen molar-refractivity contribution in [2.24, 2.45) is 0 Å². The minimum Gasteiger partial charge on any atom is -0.547 e. The molecule has 4 heteroatoms. The summed E-state index contributed by atoms with van der Waals surface area (Å²) in [5.41, 5.74) is 0. The van der Waals surface area contributed by atoms with Crippen molar-refractivity contribution >= 4 is 5.97 Å². The van der Waals surface area contributed by atoms with Crippen molar-refractivity contribution in [1.29, 1.82) is 0 Å². The van der Waals surface area contributed by atoms with Crippen LogP contribution in [0.15, 0.2) is 0 Å². The van der Waals surface area contributed by atoms with Crippen LogP contribution in [-0.2, 0) is 9.53 Å². The first-order chi connectivity index (χ1) is 4.30. The quantitative estimate of drug-likeness (QED) is 0.379. The smallest absolute Gasteiger partial charge is 0.547 e. The molecule has 1 unspecified atom stereocenters. The molecule has 3 nitrogen and oxygen atoms in total. The van der Waals surface area contributed by atoms with E-state index in [0.717, 1.165) is 12.8 Å². The number of ether oxygens (including phenoxy) is 1. The van der Waals surface area contributed by atoms with Gasteiger partial charge in [0.15, 0.2) is 0 Å². The van der Waals surface area contributed by atoms with Crippen molar-refractivity contribution in [1.82, 2.24) is 0 Å². The van der Waals surface area contributed by atoms with Gasteiger partial charge in [0.2, 0.25) is 0 Å². The van der Waals surface area contributed by atoms with Crippen LogP contribution in [0.4, 0.5) is 0 Å². The molecule has 1 saturated heterocycles. The van der Waals surface area contributed by atoms with E-state index in [1.807, 2.05) is 0 Å². The Morgan fingerprint density at radius 2 is 2.20 bits per heavy atom. The molecular weight excluding hydrogens is 159 g/mol. The fourth-order valence-electron chi connectivity index (χ4n) is 0.927. The van der Waals surface area contributed by atoms with Crippen LogP contribution in [-0.4, -0.2) is 18.7 Å². The van der Waals surface area contributed by atoms with Crippen LogP contribution in [0.1, 0.15) is 19.3 Å². The molecule has 0 radical (unpaired) electrons. The molecule has 0 aromatic carbocycles. The van der Waals surface area contributed by atoms with Crippen LogP contribution in [0, 0.1) is 0 Å². The molecule has 0 aromatic rings. The number of aliphatic carboxylic acids is 1. The van der Waals surface area contributed by atoms with E-state index in [0.29, 0.717) is 13.0 Å². The first-order valence-electron chi connectivity index (χ1n) is 3.13. The van der Waals surface area contributed by atoms with Crippen molar-refractivity contribution in [3.05, 3.63) is 0 Å². The Balaban J connectivity index is 0.000000810. The largest absolute Gasteiger partial charge is 1.00 e. The Morgan fingerprint density at radius 3 is 2.50 bits per heavy atom. The summed E-state index contributed by atoms with van der Waals surface area (Å²) >= 11 is 0. The van der Waals surface area contributed by atoms with E-state index in [-0.39, 0.29) is 51.4 Å². The monoisotopic (exact) mass is 168 g/mol. The summed E-state index contributed by atoms with van der Waals surface area (Å²) in [6, 6.07) is 0. The number of carbonyl (C=O) groups is 1. The van der Waals surface area contributed by atoms with Crippen LogP contribution < -0.4 is 56.5 Å².